The van der Waals surface area contributed by atoms with Gasteiger partial charge in [-0.3, -0.25) is 0 Å². The molecule has 0 aromatic heterocycles. The van der Waals surface area contributed by atoms with Crippen molar-refractivity contribution in [2.45, 2.75) is 82.9 Å². The molecule has 1 saturated carbocycles. The zero-order chi connectivity index (χ0) is 14.9. The van der Waals surface area contributed by atoms with Crippen molar-refractivity contribution < 1.29 is 9.16 Å². The summed E-state index contributed by atoms with van der Waals surface area (Å²) >= 11 is 0. The van der Waals surface area contributed by atoms with E-state index in [0.717, 1.165) is 12.8 Å². The Morgan fingerprint density at radius 1 is 1.29 bits per heavy atom. The van der Waals surface area contributed by atoms with Gasteiger partial charge in [0.15, 0.2) is 8.32 Å². The number of hydrogen-bond donors (Lipinski definition) is 0. The van der Waals surface area contributed by atoms with Crippen molar-refractivity contribution in [2.75, 3.05) is 0 Å². The lowest BCUT2D eigenvalue weighted by molar-refractivity contribution is -0.172. The third-order valence-corrected chi connectivity index (χ3v) is 6.77. The zero-order valence-corrected chi connectivity index (χ0v) is 14.9. The van der Waals surface area contributed by atoms with E-state index < -0.39 is 8.32 Å². The van der Waals surface area contributed by atoms with Crippen LogP contribution in [0.4, 0.5) is 0 Å². The molecule has 0 N–H and O–H groups in total. The quantitative estimate of drug-likeness (QED) is 0.549. The Morgan fingerprint density at radius 2 is 2.10 bits per heavy atom. The van der Waals surface area contributed by atoms with Crippen molar-refractivity contribution in [3.05, 3.63) is 23.3 Å². The first kappa shape index (κ1) is 14.2. The lowest BCUT2D eigenvalue weighted by atomic mass is 9.65. The molecule has 1 saturated heterocycles. The van der Waals surface area contributed by atoms with Crippen LogP contribution in [0.1, 0.15) is 45.4 Å². The number of rotatable bonds is 2. The minimum atomic E-state index is -1.59. The van der Waals surface area contributed by atoms with Gasteiger partial charge in [0.25, 0.3) is 0 Å². The van der Waals surface area contributed by atoms with Crippen molar-refractivity contribution in [2.24, 2.45) is 5.41 Å². The van der Waals surface area contributed by atoms with Gasteiger partial charge in [-0.25, -0.2) is 0 Å². The first-order chi connectivity index (χ1) is 9.84. The molecule has 3 heteroatoms. The lowest BCUT2D eigenvalue weighted by Gasteiger charge is -2.55. The standard InChI is InChI=1S/C18H28O2Si/c1-13-10-17-8-6-5-7-14-9-15(19-16(14)17)12-18(17,11-13)20-21(2,3)4/h9-10,15-16H,5-8,11-12H2,1-4H3/t15-,16+,17+,18+/m0/s1. The molecule has 116 valence electrons. The minimum absolute atomic E-state index is 0.0116. The van der Waals surface area contributed by atoms with E-state index in [1.807, 2.05) is 0 Å². The van der Waals surface area contributed by atoms with E-state index in [1.165, 1.54) is 31.3 Å². The van der Waals surface area contributed by atoms with Crippen LogP contribution >= 0.6 is 0 Å². The Hall–Kier alpha value is -0.383. The average molecular weight is 305 g/mol. The second kappa shape index (κ2) is 4.33. The van der Waals surface area contributed by atoms with Crippen LogP contribution in [0, 0.1) is 5.41 Å². The molecule has 2 aliphatic heterocycles. The summed E-state index contributed by atoms with van der Waals surface area (Å²) in [5.74, 6) is 0. The predicted octanol–water partition coefficient (Wildman–Crippen LogP) is 4.58. The van der Waals surface area contributed by atoms with E-state index in [-0.39, 0.29) is 11.0 Å². The van der Waals surface area contributed by atoms with Gasteiger partial charge < -0.3 is 9.16 Å². The van der Waals surface area contributed by atoms with Gasteiger partial charge >= 0.3 is 0 Å². The van der Waals surface area contributed by atoms with Gasteiger partial charge in [-0.1, -0.05) is 24.1 Å². The third kappa shape index (κ3) is 1.97. The van der Waals surface area contributed by atoms with Gasteiger partial charge in [0, 0.05) is 11.8 Å². The minimum Gasteiger partial charge on any atom is -0.411 e. The maximum Gasteiger partial charge on any atom is 0.184 e. The summed E-state index contributed by atoms with van der Waals surface area (Å²) in [5.41, 5.74) is 3.22. The lowest BCUT2D eigenvalue weighted by Crippen LogP contribution is -2.61. The summed E-state index contributed by atoms with van der Waals surface area (Å²) in [6.45, 7) is 9.31. The molecular formula is C18H28O2Si. The number of hydrogen-bond acceptors (Lipinski definition) is 2. The SMILES string of the molecule is CC1=C[C@@]23CCCCC4=C[C@@H](C[C@]2(O[Si](C)(C)C)C1)O[C@H]43. The normalized spacial score (nSPS) is 45.0. The third-order valence-electron chi connectivity index (χ3n) is 5.77. The molecule has 0 radical (unpaired) electrons. The van der Waals surface area contributed by atoms with Crippen molar-refractivity contribution >= 4 is 8.32 Å². The fraction of sp³-hybridized carbons (Fsp3) is 0.778. The fourth-order valence-electron chi connectivity index (χ4n) is 5.48. The Kier molecular flexibility index (Phi) is 2.93. The molecule has 4 atom stereocenters. The smallest absolute Gasteiger partial charge is 0.184 e. The maximum atomic E-state index is 6.95. The fourth-order valence-corrected chi connectivity index (χ4v) is 6.99. The van der Waals surface area contributed by atoms with Crippen LogP contribution in [-0.4, -0.2) is 26.1 Å². The highest BCUT2D eigenvalue weighted by molar-refractivity contribution is 6.69. The molecule has 21 heavy (non-hydrogen) atoms. The monoisotopic (exact) mass is 304 g/mol. The largest absolute Gasteiger partial charge is 0.411 e. The average Bonchev–Trinajstić information content (AvgIpc) is 2.76. The Bertz CT molecular complexity index is 530. The van der Waals surface area contributed by atoms with Crippen LogP contribution in [-0.2, 0) is 9.16 Å². The second-order valence-corrected chi connectivity index (χ2v) is 13.1. The van der Waals surface area contributed by atoms with E-state index in [2.05, 4.69) is 38.7 Å². The summed E-state index contributed by atoms with van der Waals surface area (Å²) in [6, 6.07) is 0. The first-order valence-electron chi connectivity index (χ1n) is 8.58. The maximum absolute atomic E-state index is 6.95. The van der Waals surface area contributed by atoms with Gasteiger partial charge in [-0.2, -0.15) is 0 Å². The predicted molar refractivity (Wildman–Crippen MR) is 87.8 cm³/mol. The molecule has 2 heterocycles. The summed E-state index contributed by atoms with van der Waals surface area (Å²) in [6.07, 6.45) is 12.9. The van der Waals surface area contributed by atoms with Crippen molar-refractivity contribution in [3.8, 4) is 0 Å². The van der Waals surface area contributed by atoms with Crippen LogP contribution in [0.2, 0.25) is 19.6 Å². The van der Waals surface area contributed by atoms with E-state index in [0.29, 0.717) is 12.2 Å². The molecule has 0 amide bonds. The highest BCUT2D eigenvalue weighted by Gasteiger charge is 2.65. The van der Waals surface area contributed by atoms with Crippen LogP contribution in [0.15, 0.2) is 23.3 Å². The zero-order valence-electron chi connectivity index (χ0n) is 13.9. The second-order valence-electron chi connectivity index (χ2n) is 8.62. The molecule has 2 nitrogen and oxygen atoms in total. The molecule has 1 spiro atoms. The summed E-state index contributed by atoms with van der Waals surface area (Å²) in [5, 5.41) is 0. The van der Waals surface area contributed by atoms with Crippen LogP contribution < -0.4 is 0 Å². The van der Waals surface area contributed by atoms with E-state index >= 15 is 0 Å². The molecular weight excluding hydrogens is 276 g/mol. The molecule has 2 aliphatic carbocycles. The molecule has 0 aromatic carbocycles. The van der Waals surface area contributed by atoms with Crippen molar-refractivity contribution in [3.63, 3.8) is 0 Å². The molecule has 2 fully saturated rings. The highest BCUT2D eigenvalue weighted by Crippen LogP contribution is 2.63. The van der Waals surface area contributed by atoms with Gasteiger partial charge in [0.2, 0.25) is 0 Å². The Morgan fingerprint density at radius 3 is 2.86 bits per heavy atom. The van der Waals surface area contributed by atoms with Crippen LogP contribution in [0.3, 0.4) is 0 Å². The van der Waals surface area contributed by atoms with Crippen molar-refractivity contribution in [1.29, 1.82) is 0 Å². The Balaban J connectivity index is 1.84. The van der Waals surface area contributed by atoms with Gasteiger partial charge in [0.1, 0.15) is 0 Å². The summed E-state index contributed by atoms with van der Waals surface area (Å²) in [4.78, 5) is 0. The van der Waals surface area contributed by atoms with Crippen LogP contribution in [0.5, 0.6) is 0 Å². The number of fused-ring (bicyclic) bond motifs is 1. The molecule has 0 unspecified atom stereocenters. The van der Waals surface area contributed by atoms with E-state index in [1.54, 1.807) is 5.57 Å². The summed E-state index contributed by atoms with van der Waals surface area (Å²) < 4.78 is 13.4. The van der Waals surface area contributed by atoms with Crippen LogP contribution in [0.25, 0.3) is 0 Å². The molecule has 2 bridgehead atoms. The number of ether oxygens (including phenoxy) is 1. The topological polar surface area (TPSA) is 18.5 Å². The first-order valence-corrected chi connectivity index (χ1v) is 12.0. The van der Waals surface area contributed by atoms with Gasteiger partial charge in [-0.05, 0) is 57.8 Å². The van der Waals surface area contributed by atoms with E-state index in [9.17, 15) is 0 Å². The molecule has 4 rings (SSSR count). The van der Waals surface area contributed by atoms with Gasteiger partial charge in [0.05, 0.1) is 17.8 Å². The highest BCUT2D eigenvalue weighted by atomic mass is 28.4. The van der Waals surface area contributed by atoms with Gasteiger partial charge in [-0.15, -0.1) is 0 Å². The molecule has 0 aromatic rings. The Labute approximate surface area is 129 Å². The van der Waals surface area contributed by atoms with E-state index in [4.69, 9.17) is 9.16 Å². The summed E-state index contributed by atoms with van der Waals surface area (Å²) in [7, 11) is -1.59. The molecule has 4 aliphatic rings. The van der Waals surface area contributed by atoms with Crippen molar-refractivity contribution in [1.82, 2.24) is 0 Å².